The van der Waals surface area contributed by atoms with Gasteiger partial charge in [0.25, 0.3) is 0 Å². The maximum atomic E-state index is 12.0. The van der Waals surface area contributed by atoms with Crippen LogP contribution in [0.5, 0.6) is 5.75 Å². The van der Waals surface area contributed by atoms with E-state index in [0.717, 1.165) is 28.8 Å². The lowest BCUT2D eigenvalue weighted by Crippen LogP contribution is -2.23. The predicted molar refractivity (Wildman–Crippen MR) is 126 cm³/mol. The van der Waals surface area contributed by atoms with Gasteiger partial charge < -0.3 is 15.3 Å². The van der Waals surface area contributed by atoms with Gasteiger partial charge in [0.05, 0.1) is 17.9 Å². The number of aromatic hydroxyl groups is 1. The first-order valence-electron chi connectivity index (χ1n) is 10.4. The maximum absolute atomic E-state index is 12.0. The molecule has 6 heteroatoms. The van der Waals surface area contributed by atoms with Gasteiger partial charge in [0.2, 0.25) is 6.41 Å². The Morgan fingerprint density at radius 1 is 0.938 bits per heavy atom. The van der Waals surface area contributed by atoms with Crippen LogP contribution in [-0.2, 0) is 17.8 Å². The van der Waals surface area contributed by atoms with Crippen molar-refractivity contribution < 1.29 is 9.90 Å². The number of nitrogens with zero attached hydrogens (tertiary/aromatic N) is 3. The second-order valence-corrected chi connectivity index (χ2v) is 7.33. The molecule has 0 saturated carbocycles. The molecule has 2 heterocycles. The molecule has 0 aliphatic rings. The van der Waals surface area contributed by atoms with Crippen LogP contribution in [0.25, 0.3) is 11.3 Å². The number of anilines is 2. The molecular weight excluding hydrogens is 400 g/mol. The van der Waals surface area contributed by atoms with Crippen LogP contribution < -0.4 is 10.2 Å². The molecule has 4 rings (SSSR count). The fourth-order valence-corrected chi connectivity index (χ4v) is 3.49. The highest BCUT2D eigenvalue weighted by molar-refractivity contribution is 5.83. The Morgan fingerprint density at radius 3 is 2.50 bits per heavy atom. The molecule has 0 bridgehead atoms. The van der Waals surface area contributed by atoms with E-state index in [0.29, 0.717) is 31.0 Å². The van der Waals surface area contributed by atoms with Crippen LogP contribution in [0.1, 0.15) is 11.1 Å². The summed E-state index contributed by atoms with van der Waals surface area (Å²) in [6.45, 7) is 0.938. The molecule has 0 unspecified atom stereocenters. The third-order valence-electron chi connectivity index (χ3n) is 5.13. The molecule has 2 N–H and O–H groups in total. The number of pyridine rings is 2. The average Bonchev–Trinajstić information content (AvgIpc) is 2.85. The van der Waals surface area contributed by atoms with Gasteiger partial charge >= 0.3 is 0 Å². The van der Waals surface area contributed by atoms with Crippen molar-refractivity contribution >= 4 is 17.9 Å². The van der Waals surface area contributed by atoms with Gasteiger partial charge in [0.15, 0.2) is 5.82 Å². The number of carbonyl (C=O) groups excluding carboxylic acids is 1. The standard InChI is InChI=1S/C26H24N4O2/c31-19-30(18-20-7-6-15-27-17-20)24-13-12-23(21-8-2-1-3-9-21)29-26(24)28-16-14-22-10-4-5-11-25(22)32/h1-13,15,17,19,32H,14,16,18H2,(H,28,29). The summed E-state index contributed by atoms with van der Waals surface area (Å²) in [5, 5.41) is 13.4. The largest absolute Gasteiger partial charge is 0.508 e. The van der Waals surface area contributed by atoms with Crippen LogP contribution >= 0.6 is 0 Å². The Morgan fingerprint density at radius 2 is 1.75 bits per heavy atom. The first-order chi connectivity index (χ1) is 15.7. The molecule has 160 valence electrons. The van der Waals surface area contributed by atoms with E-state index in [4.69, 9.17) is 4.98 Å². The van der Waals surface area contributed by atoms with Gasteiger partial charge in [-0.25, -0.2) is 4.98 Å². The fourth-order valence-electron chi connectivity index (χ4n) is 3.49. The van der Waals surface area contributed by atoms with Crippen LogP contribution in [0.15, 0.2) is 91.3 Å². The normalized spacial score (nSPS) is 10.5. The minimum Gasteiger partial charge on any atom is -0.508 e. The lowest BCUT2D eigenvalue weighted by Gasteiger charge is -2.21. The van der Waals surface area contributed by atoms with E-state index in [9.17, 15) is 9.90 Å². The van der Waals surface area contributed by atoms with Crippen LogP contribution in [0.3, 0.4) is 0 Å². The number of benzene rings is 2. The van der Waals surface area contributed by atoms with E-state index in [-0.39, 0.29) is 5.75 Å². The van der Waals surface area contributed by atoms with Crippen molar-refractivity contribution in [1.29, 1.82) is 0 Å². The van der Waals surface area contributed by atoms with Crippen molar-refractivity contribution in [3.05, 3.63) is 102 Å². The summed E-state index contributed by atoms with van der Waals surface area (Å²) in [5.41, 5.74) is 4.26. The second kappa shape index (κ2) is 10.2. The molecule has 0 radical (unpaired) electrons. The second-order valence-electron chi connectivity index (χ2n) is 7.33. The van der Waals surface area contributed by atoms with Gasteiger partial charge in [-0.3, -0.25) is 9.78 Å². The molecule has 0 spiro atoms. The van der Waals surface area contributed by atoms with Gasteiger partial charge in [-0.15, -0.1) is 0 Å². The summed E-state index contributed by atoms with van der Waals surface area (Å²) in [5.74, 6) is 0.879. The lowest BCUT2D eigenvalue weighted by molar-refractivity contribution is -0.107. The molecule has 2 aromatic carbocycles. The minimum atomic E-state index is 0.270. The van der Waals surface area contributed by atoms with E-state index in [1.807, 2.05) is 66.7 Å². The Labute approximate surface area is 187 Å². The monoisotopic (exact) mass is 424 g/mol. The third kappa shape index (κ3) is 5.10. The molecule has 32 heavy (non-hydrogen) atoms. The highest BCUT2D eigenvalue weighted by atomic mass is 16.3. The fraction of sp³-hybridized carbons (Fsp3) is 0.115. The van der Waals surface area contributed by atoms with Crippen molar-refractivity contribution in [1.82, 2.24) is 9.97 Å². The number of aromatic nitrogens is 2. The average molecular weight is 425 g/mol. The Kier molecular flexibility index (Phi) is 6.72. The molecule has 0 aliphatic heterocycles. The van der Waals surface area contributed by atoms with Gasteiger partial charge in [-0.05, 0) is 41.8 Å². The highest BCUT2D eigenvalue weighted by Crippen LogP contribution is 2.29. The molecule has 0 saturated heterocycles. The van der Waals surface area contributed by atoms with Gasteiger partial charge in [0, 0.05) is 24.5 Å². The minimum absolute atomic E-state index is 0.270. The van der Waals surface area contributed by atoms with E-state index in [1.54, 1.807) is 29.4 Å². The molecule has 0 aliphatic carbocycles. The number of hydrogen-bond acceptors (Lipinski definition) is 5. The van der Waals surface area contributed by atoms with Crippen molar-refractivity contribution in [2.45, 2.75) is 13.0 Å². The molecule has 6 nitrogen and oxygen atoms in total. The number of hydrogen-bond donors (Lipinski definition) is 2. The molecule has 0 fully saturated rings. The number of para-hydroxylation sites is 1. The first kappa shape index (κ1) is 21.1. The summed E-state index contributed by atoms with van der Waals surface area (Å²) < 4.78 is 0. The first-order valence-corrected chi connectivity index (χ1v) is 10.4. The molecule has 2 aromatic heterocycles. The number of amides is 1. The Hall–Kier alpha value is -4.19. The number of rotatable bonds is 9. The van der Waals surface area contributed by atoms with Gasteiger partial charge in [-0.2, -0.15) is 0 Å². The number of phenolic OH excluding ortho intramolecular Hbond substituents is 1. The van der Waals surface area contributed by atoms with Crippen LogP contribution in [0, 0.1) is 0 Å². The molecular formula is C26H24N4O2. The summed E-state index contributed by atoms with van der Waals surface area (Å²) >= 11 is 0. The highest BCUT2D eigenvalue weighted by Gasteiger charge is 2.15. The molecule has 1 amide bonds. The maximum Gasteiger partial charge on any atom is 0.214 e. The molecule has 4 aromatic rings. The Bertz CT molecular complexity index is 1170. The Balaban J connectivity index is 1.62. The van der Waals surface area contributed by atoms with E-state index >= 15 is 0 Å². The summed E-state index contributed by atoms with van der Waals surface area (Å²) in [7, 11) is 0. The topological polar surface area (TPSA) is 78.4 Å². The van der Waals surface area contributed by atoms with Gasteiger partial charge in [0.1, 0.15) is 5.75 Å². The zero-order valence-electron chi connectivity index (χ0n) is 17.6. The van der Waals surface area contributed by atoms with Gasteiger partial charge in [-0.1, -0.05) is 54.6 Å². The van der Waals surface area contributed by atoms with E-state index in [2.05, 4.69) is 10.3 Å². The van der Waals surface area contributed by atoms with E-state index < -0.39 is 0 Å². The number of carbonyl (C=O) groups is 1. The predicted octanol–water partition coefficient (Wildman–Crippen LogP) is 4.67. The summed E-state index contributed by atoms with van der Waals surface area (Å²) in [4.78, 5) is 22.5. The van der Waals surface area contributed by atoms with Crippen molar-refractivity contribution in [2.75, 3.05) is 16.8 Å². The van der Waals surface area contributed by atoms with E-state index in [1.165, 1.54) is 0 Å². The van der Waals surface area contributed by atoms with Crippen LogP contribution in [-0.4, -0.2) is 28.0 Å². The lowest BCUT2D eigenvalue weighted by atomic mass is 10.1. The smallest absolute Gasteiger partial charge is 0.214 e. The van der Waals surface area contributed by atoms with Crippen molar-refractivity contribution in [2.24, 2.45) is 0 Å². The number of phenols is 1. The van der Waals surface area contributed by atoms with Crippen molar-refractivity contribution in [3.63, 3.8) is 0 Å². The summed E-state index contributed by atoms with van der Waals surface area (Å²) in [6.07, 6.45) is 4.87. The van der Waals surface area contributed by atoms with Crippen LogP contribution in [0.2, 0.25) is 0 Å². The van der Waals surface area contributed by atoms with Crippen LogP contribution in [0.4, 0.5) is 11.5 Å². The summed E-state index contributed by atoms with van der Waals surface area (Å²) in [6, 6.07) is 24.8. The van der Waals surface area contributed by atoms with Crippen molar-refractivity contribution in [3.8, 4) is 17.0 Å². The quantitative estimate of drug-likeness (QED) is 0.382. The zero-order valence-corrected chi connectivity index (χ0v) is 17.6. The zero-order chi connectivity index (χ0) is 22.2. The third-order valence-corrected chi connectivity index (χ3v) is 5.13. The molecule has 0 atom stereocenters. The number of nitrogens with one attached hydrogen (secondary N) is 1. The SMILES string of the molecule is O=CN(Cc1cccnc1)c1ccc(-c2ccccc2)nc1NCCc1ccccc1O.